The molecule has 0 aromatic rings. The monoisotopic (exact) mass is 544 g/mol. The maximum atomic E-state index is 13.9. The van der Waals surface area contributed by atoms with E-state index < -0.39 is 47.0 Å². The summed E-state index contributed by atoms with van der Waals surface area (Å²) >= 11 is 0. The summed E-state index contributed by atoms with van der Waals surface area (Å²) in [6.07, 6.45) is 9.51. The van der Waals surface area contributed by atoms with Gasteiger partial charge in [-0.05, 0) is 68.9 Å². The first kappa shape index (κ1) is 29.5. The van der Waals surface area contributed by atoms with E-state index in [1.807, 2.05) is 26.8 Å². The second kappa shape index (κ2) is 11.6. The third kappa shape index (κ3) is 5.21. The van der Waals surface area contributed by atoms with Crippen LogP contribution in [-0.2, 0) is 28.6 Å². The van der Waals surface area contributed by atoms with Gasteiger partial charge in [-0.1, -0.05) is 52.2 Å². The van der Waals surface area contributed by atoms with E-state index in [9.17, 15) is 24.3 Å². The van der Waals surface area contributed by atoms with E-state index in [2.05, 4.69) is 6.92 Å². The Morgan fingerprint density at radius 1 is 1.08 bits per heavy atom. The van der Waals surface area contributed by atoms with Gasteiger partial charge in [-0.25, -0.2) is 4.79 Å². The van der Waals surface area contributed by atoms with Gasteiger partial charge in [0, 0.05) is 23.2 Å². The van der Waals surface area contributed by atoms with Crippen LogP contribution in [0.15, 0.2) is 23.8 Å². The van der Waals surface area contributed by atoms with Gasteiger partial charge < -0.3 is 19.3 Å². The fourth-order valence-corrected chi connectivity index (χ4v) is 8.12. The molecule has 1 N–H and O–H groups in total. The second-order valence-electron chi connectivity index (χ2n) is 12.3. The molecule has 3 fully saturated rings. The summed E-state index contributed by atoms with van der Waals surface area (Å²) in [5.41, 5.74) is -1.82. The Balaban J connectivity index is 1.64. The van der Waals surface area contributed by atoms with Crippen molar-refractivity contribution in [2.75, 3.05) is 13.2 Å². The third-order valence-electron chi connectivity index (χ3n) is 10.1. The molecule has 1 unspecified atom stereocenters. The summed E-state index contributed by atoms with van der Waals surface area (Å²) in [7, 11) is 0. The van der Waals surface area contributed by atoms with Gasteiger partial charge in [-0.15, -0.1) is 0 Å². The zero-order valence-corrected chi connectivity index (χ0v) is 23.8. The fourth-order valence-electron chi connectivity index (χ4n) is 8.12. The molecule has 216 valence electrons. The minimum atomic E-state index is -1.56. The topological polar surface area (TPSA) is 116 Å². The molecule has 0 spiro atoms. The Labute approximate surface area is 231 Å². The zero-order valence-electron chi connectivity index (χ0n) is 23.8. The molecule has 0 bridgehead atoms. The van der Waals surface area contributed by atoms with E-state index in [4.69, 9.17) is 14.2 Å². The standard InChI is InChI=1S/C31H44O8/c1-5-7-9-26(35)38-19-25(34)31(39-28(36)37-16-8-6-2)15-13-23-22-11-10-20-17-21(32)12-14-29(20,3)27(22)24(33)18-30(23,31)4/h12,14,17,22-24,27,33H,5-11,13,15-16,18-19H2,1-4H3/t22-,23-,24?,27+,29-,30-,31-/m0/s1. The number of ketones is 2. The average Bonchev–Trinajstić information content (AvgIpc) is 3.18. The van der Waals surface area contributed by atoms with Gasteiger partial charge >= 0.3 is 12.1 Å². The quantitative estimate of drug-likeness (QED) is 0.292. The van der Waals surface area contributed by atoms with Gasteiger partial charge in [0.05, 0.1) is 12.7 Å². The zero-order chi connectivity index (χ0) is 28.4. The Morgan fingerprint density at radius 2 is 1.82 bits per heavy atom. The van der Waals surface area contributed by atoms with Crippen molar-refractivity contribution in [3.8, 4) is 0 Å². The highest BCUT2D eigenvalue weighted by Gasteiger charge is 2.70. The van der Waals surface area contributed by atoms with Crippen LogP contribution < -0.4 is 0 Å². The minimum absolute atomic E-state index is 0.00140. The molecule has 4 aliphatic carbocycles. The molecule has 0 aromatic carbocycles. The van der Waals surface area contributed by atoms with Crippen LogP contribution >= 0.6 is 0 Å². The van der Waals surface area contributed by atoms with Crippen LogP contribution in [-0.4, -0.2) is 53.7 Å². The molecule has 8 nitrogen and oxygen atoms in total. The molecular weight excluding hydrogens is 500 g/mol. The highest BCUT2D eigenvalue weighted by atomic mass is 16.7. The minimum Gasteiger partial charge on any atom is -0.457 e. The number of carbonyl (C=O) groups is 4. The van der Waals surface area contributed by atoms with Crippen LogP contribution in [0.1, 0.15) is 91.9 Å². The van der Waals surface area contributed by atoms with Gasteiger partial charge in [0.2, 0.25) is 5.78 Å². The number of unbranched alkanes of at least 4 members (excludes halogenated alkanes) is 2. The smallest absolute Gasteiger partial charge is 0.457 e. The first-order chi connectivity index (χ1) is 18.5. The van der Waals surface area contributed by atoms with Crippen LogP contribution in [0.2, 0.25) is 0 Å². The largest absolute Gasteiger partial charge is 0.509 e. The third-order valence-corrected chi connectivity index (χ3v) is 10.1. The molecule has 7 atom stereocenters. The van der Waals surface area contributed by atoms with Crippen molar-refractivity contribution in [3.63, 3.8) is 0 Å². The normalized spacial score (nSPS) is 36.7. The van der Waals surface area contributed by atoms with E-state index in [1.165, 1.54) is 0 Å². The van der Waals surface area contributed by atoms with Crippen LogP contribution in [0.25, 0.3) is 0 Å². The average molecular weight is 545 g/mol. The molecule has 3 saturated carbocycles. The van der Waals surface area contributed by atoms with E-state index in [0.29, 0.717) is 19.3 Å². The molecule has 0 aliphatic heterocycles. The SMILES string of the molecule is CCCCOC(=O)O[C@]1(C(=O)COC(=O)CCCC)CC[C@H]2[C@@H]3CCC4=CC(=O)C=C[C@]4(C)[C@H]3C(O)C[C@@]21C. The lowest BCUT2D eigenvalue weighted by Gasteiger charge is -2.59. The van der Waals surface area contributed by atoms with Gasteiger partial charge in [0.25, 0.3) is 0 Å². The number of Topliss-reactive ketones (excluding diaryl/α,β-unsaturated/α-hetero) is 1. The number of carbonyl (C=O) groups excluding carboxylic acids is 4. The van der Waals surface area contributed by atoms with E-state index >= 15 is 0 Å². The molecule has 0 aromatic heterocycles. The number of fused-ring (bicyclic) bond motifs is 5. The number of hydrogen-bond donors (Lipinski definition) is 1. The maximum Gasteiger partial charge on any atom is 0.509 e. The van der Waals surface area contributed by atoms with Crippen molar-refractivity contribution in [3.05, 3.63) is 23.8 Å². The second-order valence-corrected chi connectivity index (χ2v) is 12.3. The summed E-state index contributed by atoms with van der Waals surface area (Å²) in [6.45, 7) is 7.70. The van der Waals surface area contributed by atoms with Crippen molar-refractivity contribution in [2.45, 2.75) is 104 Å². The Bertz CT molecular complexity index is 1050. The highest BCUT2D eigenvalue weighted by Crippen LogP contribution is 2.68. The fraction of sp³-hybridized carbons (Fsp3) is 0.742. The first-order valence-corrected chi connectivity index (χ1v) is 14.7. The van der Waals surface area contributed by atoms with Crippen molar-refractivity contribution in [1.82, 2.24) is 0 Å². The number of esters is 1. The van der Waals surface area contributed by atoms with Gasteiger partial charge in [-0.2, -0.15) is 0 Å². The lowest BCUT2D eigenvalue weighted by molar-refractivity contribution is -0.186. The van der Waals surface area contributed by atoms with Crippen molar-refractivity contribution in [2.24, 2.45) is 28.6 Å². The molecule has 0 heterocycles. The molecule has 0 radical (unpaired) electrons. The summed E-state index contributed by atoms with van der Waals surface area (Å²) in [4.78, 5) is 51.1. The van der Waals surface area contributed by atoms with Crippen molar-refractivity contribution in [1.29, 1.82) is 0 Å². The van der Waals surface area contributed by atoms with Crippen LogP contribution in [0.3, 0.4) is 0 Å². The number of rotatable bonds is 10. The molecule has 0 saturated heterocycles. The molecule has 0 amide bonds. The van der Waals surface area contributed by atoms with Crippen LogP contribution in [0, 0.1) is 28.6 Å². The van der Waals surface area contributed by atoms with Crippen molar-refractivity contribution < 1.29 is 38.5 Å². The molecule has 4 rings (SSSR count). The van der Waals surface area contributed by atoms with Gasteiger partial charge in [-0.3, -0.25) is 14.4 Å². The Kier molecular flexibility index (Phi) is 8.74. The molecular formula is C31H44O8. The highest BCUT2D eigenvalue weighted by molar-refractivity contribution is 6.01. The summed E-state index contributed by atoms with van der Waals surface area (Å²) in [5, 5.41) is 11.7. The summed E-state index contributed by atoms with van der Waals surface area (Å²) in [6, 6.07) is 0. The Hall–Kier alpha value is -2.48. The molecule has 8 heteroatoms. The molecule has 39 heavy (non-hydrogen) atoms. The summed E-state index contributed by atoms with van der Waals surface area (Å²) in [5.74, 6) is -0.980. The number of aliphatic hydroxyl groups excluding tert-OH is 1. The van der Waals surface area contributed by atoms with E-state index in [1.54, 1.807) is 12.2 Å². The number of aliphatic hydroxyl groups is 1. The van der Waals surface area contributed by atoms with Gasteiger partial charge in [0.15, 0.2) is 18.0 Å². The van der Waals surface area contributed by atoms with E-state index in [-0.39, 0.29) is 49.4 Å². The first-order valence-electron chi connectivity index (χ1n) is 14.7. The number of hydrogen-bond acceptors (Lipinski definition) is 8. The number of ether oxygens (including phenoxy) is 3. The lowest BCUT2D eigenvalue weighted by Crippen LogP contribution is -2.63. The van der Waals surface area contributed by atoms with Crippen LogP contribution in [0.5, 0.6) is 0 Å². The molecule has 4 aliphatic rings. The van der Waals surface area contributed by atoms with Crippen LogP contribution in [0.4, 0.5) is 4.79 Å². The summed E-state index contributed by atoms with van der Waals surface area (Å²) < 4.78 is 16.7. The van der Waals surface area contributed by atoms with E-state index in [0.717, 1.165) is 31.3 Å². The number of allylic oxidation sites excluding steroid dienone is 4. The lowest BCUT2D eigenvalue weighted by atomic mass is 9.46. The van der Waals surface area contributed by atoms with Crippen molar-refractivity contribution >= 4 is 23.7 Å². The maximum absolute atomic E-state index is 13.9. The predicted octanol–water partition coefficient (Wildman–Crippen LogP) is 5.26. The Morgan fingerprint density at radius 3 is 2.54 bits per heavy atom. The van der Waals surface area contributed by atoms with Gasteiger partial charge in [0.1, 0.15) is 0 Å². The predicted molar refractivity (Wildman–Crippen MR) is 144 cm³/mol.